The summed E-state index contributed by atoms with van der Waals surface area (Å²) in [7, 11) is 0. The molecule has 1 aliphatic rings. The van der Waals surface area contributed by atoms with Crippen LogP contribution in [-0.4, -0.2) is 46.0 Å². The number of nitrogens with one attached hydrogen (secondary N) is 2. The van der Waals surface area contributed by atoms with Gasteiger partial charge < -0.3 is 19.8 Å². The van der Waals surface area contributed by atoms with Gasteiger partial charge in [-0.15, -0.1) is 0 Å². The lowest BCUT2D eigenvalue weighted by atomic mass is 10.0. The molecule has 1 fully saturated rings. The van der Waals surface area contributed by atoms with Crippen LogP contribution >= 0.6 is 0 Å². The molecular weight excluding hydrogens is 388 g/mol. The number of rotatable bonds is 7. The first-order chi connectivity index (χ1) is 15.1. The lowest BCUT2D eigenvalue weighted by Crippen LogP contribution is -2.46. The number of pyridine rings is 1. The molecule has 1 aliphatic heterocycles. The summed E-state index contributed by atoms with van der Waals surface area (Å²) in [5, 5.41) is 4.29. The van der Waals surface area contributed by atoms with Crippen LogP contribution in [0.15, 0.2) is 47.5 Å². The van der Waals surface area contributed by atoms with Gasteiger partial charge in [0.15, 0.2) is 0 Å². The Morgan fingerprint density at radius 2 is 1.94 bits per heavy atom. The minimum Gasteiger partial charge on any atom is -0.361 e. The molecule has 2 aromatic heterocycles. The summed E-state index contributed by atoms with van der Waals surface area (Å²) in [6, 6.07) is 10.2. The van der Waals surface area contributed by atoms with E-state index in [0.29, 0.717) is 6.54 Å². The minimum absolute atomic E-state index is 0.138. The molecule has 0 aliphatic carbocycles. The Balaban J connectivity index is 1.45. The first-order valence-corrected chi connectivity index (χ1v) is 11.3. The maximum atomic E-state index is 13.1. The van der Waals surface area contributed by atoms with Gasteiger partial charge >= 0.3 is 0 Å². The number of H-pyrrole nitrogens is 1. The number of fused-ring (bicyclic) bond motifs is 1. The monoisotopic (exact) mass is 420 g/mol. The number of aryl methyl sites for hydroxylation is 3. The number of hydrogen-bond donors (Lipinski definition) is 2. The number of amides is 1. The highest BCUT2D eigenvalue weighted by atomic mass is 16.2. The zero-order valence-electron chi connectivity index (χ0n) is 18.5. The van der Waals surface area contributed by atoms with E-state index in [1.807, 2.05) is 37.4 Å². The fourth-order valence-electron chi connectivity index (χ4n) is 4.57. The molecule has 1 saturated heterocycles. The zero-order chi connectivity index (χ0) is 21.8. The SMILES string of the molecule is CCCN1CCC(NC(=O)c2c(C)ccn(CCc3c[nH]c4ccccc34)c2=O)CC1. The van der Waals surface area contributed by atoms with Crippen molar-refractivity contribution in [1.82, 2.24) is 19.8 Å². The van der Waals surface area contributed by atoms with Gasteiger partial charge in [0.25, 0.3) is 11.5 Å². The fourth-order valence-corrected chi connectivity index (χ4v) is 4.57. The standard InChI is InChI=1S/C25H32N4O2/c1-3-12-28-13-10-20(11-14-28)27-24(30)23-18(2)8-15-29(25(23)31)16-9-19-17-26-22-7-5-4-6-21(19)22/h4-8,15,17,20,26H,3,9-14,16H2,1-2H3,(H,27,30). The molecule has 0 radical (unpaired) electrons. The van der Waals surface area contributed by atoms with Gasteiger partial charge in [-0.1, -0.05) is 25.1 Å². The van der Waals surface area contributed by atoms with Crippen LogP contribution in [0.5, 0.6) is 0 Å². The van der Waals surface area contributed by atoms with E-state index in [1.165, 1.54) is 10.9 Å². The average molecular weight is 421 g/mol. The molecule has 1 amide bonds. The van der Waals surface area contributed by atoms with Gasteiger partial charge in [-0.05, 0) is 62.4 Å². The van der Waals surface area contributed by atoms with Gasteiger partial charge in [-0.3, -0.25) is 9.59 Å². The van der Waals surface area contributed by atoms with Crippen molar-refractivity contribution in [2.75, 3.05) is 19.6 Å². The summed E-state index contributed by atoms with van der Waals surface area (Å²) in [4.78, 5) is 31.8. The first kappa shape index (κ1) is 21.4. The maximum absolute atomic E-state index is 13.1. The summed E-state index contributed by atoms with van der Waals surface area (Å²) in [6.45, 7) is 7.68. The van der Waals surface area contributed by atoms with Crippen molar-refractivity contribution in [2.24, 2.45) is 0 Å². The van der Waals surface area contributed by atoms with E-state index in [2.05, 4.69) is 28.2 Å². The van der Waals surface area contributed by atoms with Crippen molar-refractivity contribution in [2.45, 2.75) is 52.1 Å². The maximum Gasteiger partial charge on any atom is 0.263 e. The van der Waals surface area contributed by atoms with Gasteiger partial charge in [-0.25, -0.2) is 0 Å². The van der Waals surface area contributed by atoms with E-state index in [1.54, 1.807) is 10.8 Å². The Morgan fingerprint density at radius 3 is 2.71 bits per heavy atom. The Hall–Kier alpha value is -2.86. The van der Waals surface area contributed by atoms with Crippen molar-refractivity contribution in [3.05, 3.63) is 69.8 Å². The molecule has 0 spiro atoms. The van der Waals surface area contributed by atoms with Crippen molar-refractivity contribution >= 4 is 16.8 Å². The number of hydrogen-bond acceptors (Lipinski definition) is 3. The van der Waals surface area contributed by atoms with Crippen LogP contribution in [0.3, 0.4) is 0 Å². The van der Waals surface area contributed by atoms with E-state index < -0.39 is 0 Å². The molecule has 6 nitrogen and oxygen atoms in total. The number of para-hydroxylation sites is 1. The molecular formula is C25H32N4O2. The quantitative estimate of drug-likeness (QED) is 0.615. The van der Waals surface area contributed by atoms with Crippen LogP contribution < -0.4 is 10.9 Å². The average Bonchev–Trinajstić information content (AvgIpc) is 3.18. The lowest BCUT2D eigenvalue weighted by molar-refractivity contribution is 0.0908. The smallest absolute Gasteiger partial charge is 0.263 e. The molecule has 0 unspecified atom stereocenters. The second-order valence-electron chi connectivity index (χ2n) is 8.57. The van der Waals surface area contributed by atoms with E-state index in [9.17, 15) is 9.59 Å². The number of carbonyl (C=O) groups is 1. The van der Waals surface area contributed by atoms with Crippen LogP contribution in [0, 0.1) is 6.92 Å². The highest BCUT2D eigenvalue weighted by Gasteiger charge is 2.23. The van der Waals surface area contributed by atoms with E-state index in [4.69, 9.17) is 0 Å². The second-order valence-corrected chi connectivity index (χ2v) is 8.57. The number of aromatic amines is 1. The van der Waals surface area contributed by atoms with Crippen molar-refractivity contribution < 1.29 is 4.79 Å². The van der Waals surface area contributed by atoms with E-state index in [0.717, 1.165) is 56.4 Å². The largest absolute Gasteiger partial charge is 0.361 e. The molecule has 6 heteroatoms. The zero-order valence-corrected chi connectivity index (χ0v) is 18.5. The van der Waals surface area contributed by atoms with Crippen LogP contribution in [0.2, 0.25) is 0 Å². The van der Waals surface area contributed by atoms with Gasteiger partial charge in [0.2, 0.25) is 0 Å². The van der Waals surface area contributed by atoms with Gasteiger partial charge in [-0.2, -0.15) is 0 Å². The molecule has 1 aromatic carbocycles. The number of piperidine rings is 1. The molecule has 31 heavy (non-hydrogen) atoms. The van der Waals surface area contributed by atoms with Crippen LogP contribution in [0.4, 0.5) is 0 Å². The highest BCUT2D eigenvalue weighted by molar-refractivity contribution is 5.95. The molecule has 164 valence electrons. The summed E-state index contributed by atoms with van der Waals surface area (Å²) < 4.78 is 1.66. The second kappa shape index (κ2) is 9.52. The Morgan fingerprint density at radius 1 is 1.16 bits per heavy atom. The summed E-state index contributed by atoms with van der Waals surface area (Å²) in [6.07, 6.45) is 7.55. The number of nitrogens with zero attached hydrogens (tertiary/aromatic N) is 2. The normalized spacial score (nSPS) is 15.4. The number of likely N-dealkylation sites (tertiary alicyclic amines) is 1. The minimum atomic E-state index is -0.238. The fraction of sp³-hybridized carbons (Fsp3) is 0.440. The van der Waals surface area contributed by atoms with E-state index >= 15 is 0 Å². The van der Waals surface area contributed by atoms with Crippen LogP contribution in [-0.2, 0) is 13.0 Å². The van der Waals surface area contributed by atoms with Gasteiger partial charge in [0.05, 0.1) is 0 Å². The third-order valence-electron chi connectivity index (χ3n) is 6.36. The summed E-state index contributed by atoms with van der Waals surface area (Å²) in [5.74, 6) is -0.238. The molecule has 2 N–H and O–H groups in total. The van der Waals surface area contributed by atoms with Gasteiger partial charge in [0.1, 0.15) is 5.56 Å². The molecule has 3 heterocycles. The predicted octanol–water partition coefficient (Wildman–Crippen LogP) is 3.48. The molecule has 3 aromatic rings. The highest BCUT2D eigenvalue weighted by Crippen LogP contribution is 2.18. The Bertz CT molecular complexity index is 1110. The lowest BCUT2D eigenvalue weighted by Gasteiger charge is -2.32. The number of benzene rings is 1. The molecule has 0 saturated carbocycles. The van der Waals surface area contributed by atoms with Gasteiger partial charge in [0, 0.05) is 49.0 Å². The molecule has 4 rings (SSSR count). The van der Waals surface area contributed by atoms with Crippen LogP contribution in [0.25, 0.3) is 10.9 Å². The number of carbonyl (C=O) groups excluding carboxylic acids is 1. The number of aromatic nitrogens is 2. The first-order valence-electron chi connectivity index (χ1n) is 11.3. The molecule has 0 atom stereocenters. The summed E-state index contributed by atoms with van der Waals surface area (Å²) in [5.41, 5.74) is 3.07. The van der Waals surface area contributed by atoms with Crippen molar-refractivity contribution in [1.29, 1.82) is 0 Å². The third-order valence-corrected chi connectivity index (χ3v) is 6.36. The summed E-state index contributed by atoms with van der Waals surface area (Å²) >= 11 is 0. The van der Waals surface area contributed by atoms with Crippen LogP contribution in [0.1, 0.15) is 47.7 Å². The van der Waals surface area contributed by atoms with Crippen molar-refractivity contribution in [3.8, 4) is 0 Å². The van der Waals surface area contributed by atoms with E-state index in [-0.39, 0.29) is 23.1 Å². The Labute approximate surface area is 183 Å². The third kappa shape index (κ3) is 4.74. The molecule has 0 bridgehead atoms. The Kier molecular flexibility index (Phi) is 6.56. The van der Waals surface area contributed by atoms with Crippen molar-refractivity contribution in [3.63, 3.8) is 0 Å². The topological polar surface area (TPSA) is 70.1 Å². The predicted molar refractivity (Wildman–Crippen MR) is 125 cm³/mol.